The number of nitrogens with zero attached hydrogens (tertiary/aromatic N) is 1. The largest absolute Gasteiger partial charge is 0.458 e. The maximum Gasteiger partial charge on any atom is 0.251 e. The van der Waals surface area contributed by atoms with Gasteiger partial charge in [0.15, 0.2) is 11.5 Å². The number of hydrogen-bond donors (Lipinski definition) is 2. The fraction of sp³-hybridized carbons (Fsp3) is 0.211. The Balaban J connectivity index is 2.88. The first kappa shape index (κ1) is 25.9. The molecule has 8 nitrogen and oxygen atoms in total. The van der Waals surface area contributed by atoms with E-state index in [4.69, 9.17) is 33.2 Å². The number of terminal acetylenes is 1. The lowest BCUT2D eigenvalue weighted by molar-refractivity contribution is 0.0999. The van der Waals surface area contributed by atoms with Gasteiger partial charge in [-0.15, -0.1) is 6.42 Å². The Labute approximate surface area is 202 Å². The van der Waals surface area contributed by atoms with Crippen molar-refractivity contribution in [3.8, 4) is 23.8 Å². The summed E-state index contributed by atoms with van der Waals surface area (Å²) < 4.78 is 63.8. The first-order valence-electron chi connectivity index (χ1n) is 8.58. The van der Waals surface area contributed by atoms with E-state index in [0.29, 0.717) is 0 Å². The van der Waals surface area contributed by atoms with Gasteiger partial charge in [-0.1, -0.05) is 17.5 Å². The molecule has 0 fully saturated rings. The van der Waals surface area contributed by atoms with Crippen LogP contribution >= 0.6 is 34.2 Å². The third kappa shape index (κ3) is 5.52. The number of nitrogens with one attached hydrogen (secondary N) is 1. The van der Waals surface area contributed by atoms with Gasteiger partial charge >= 0.3 is 0 Å². The Bertz CT molecular complexity index is 1170. The first-order valence-corrected chi connectivity index (χ1v) is 11.5. The van der Waals surface area contributed by atoms with Crippen molar-refractivity contribution in [2.45, 2.75) is 4.90 Å². The Hall–Kier alpha value is -2.34. The molecule has 0 heterocycles. The van der Waals surface area contributed by atoms with Crippen molar-refractivity contribution in [1.29, 1.82) is 0 Å². The molecule has 0 aromatic heterocycles. The number of halogens is 4. The summed E-state index contributed by atoms with van der Waals surface area (Å²) in [4.78, 5) is 11.5. The number of hydrogen-bond acceptors (Lipinski definition) is 6. The monoisotopic (exact) mass is 599 g/mol. The molecule has 2 rings (SSSR count). The predicted molar refractivity (Wildman–Crippen MR) is 124 cm³/mol. The van der Waals surface area contributed by atoms with Crippen molar-refractivity contribution >= 4 is 61.5 Å². The number of alkyl halides is 2. The van der Waals surface area contributed by atoms with Crippen molar-refractivity contribution in [1.82, 2.24) is 4.31 Å². The van der Waals surface area contributed by atoms with E-state index in [1.165, 1.54) is 0 Å². The summed E-state index contributed by atoms with van der Waals surface area (Å²) in [7, 11) is -3.26. The molecular weight excluding hydrogens is 583 g/mol. The normalized spacial score (nSPS) is 11.2. The van der Waals surface area contributed by atoms with Gasteiger partial charge in [-0.2, -0.15) is 4.31 Å². The standard InChI is InChI=1S/C19H17ClF2IN3O5S/c1-3-6-26(2)32(28,29)15-8-12(19(24)27)16(18(31-10-22)17(15)30-9-21)25-14-5-4-11(23)7-13(14)20/h1,4-5,7-8,25H,6,9-10H2,2H3,(H2,24,27). The number of amides is 1. The van der Waals surface area contributed by atoms with Crippen LogP contribution in [0.4, 0.5) is 20.2 Å². The van der Waals surface area contributed by atoms with Crippen LogP contribution in [0.15, 0.2) is 29.2 Å². The number of benzene rings is 2. The topological polar surface area (TPSA) is 111 Å². The Kier molecular flexibility index (Phi) is 8.90. The van der Waals surface area contributed by atoms with E-state index in [2.05, 4.69) is 11.2 Å². The average Bonchev–Trinajstić information content (AvgIpc) is 2.72. The fourth-order valence-electron chi connectivity index (χ4n) is 2.62. The fourth-order valence-corrected chi connectivity index (χ4v) is 4.75. The van der Waals surface area contributed by atoms with Crippen LogP contribution in [0.25, 0.3) is 0 Å². The molecule has 2 aromatic carbocycles. The van der Waals surface area contributed by atoms with Crippen LogP contribution in [0.3, 0.4) is 0 Å². The molecule has 0 saturated heterocycles. The van der Waals surface area contributed by atoms with Gasteiger partial charge in [0.1, 0.15) is 4.90 Å². The molecule has 0 spiro atoms. The van der Waals surface area contributed by atoms with E-state index < -0.39 is 51.6 Å². The third-order valence-electron chi connectivity index (χ3n) is 4.06. The number of rotatable bonds is 10. The third-order valence-corrected chi connectivity index (χ3v) is 6.85. The average molecular weight is 600 g/mol. The van der Waals surface area contributed by atoms with E-state index in [1.54, 1.807) is 18.2 Å². The van der Waals surface area contributed by atoms with Gasteiger partial charge in [-0.3, -0.25) is 4.79 Å². The zero-order chi connectivity index (χ0) is 24.1. The minimum Gasteiger partial charge on any atom is -0.458 e. The minimum atomic E-state index is -4.42. The number of carbonyl (C=O) groups excluding carboxylic acids is 1. The van der Waals surface area contributed by atoms with Crippen molar-refractivity contribution in [2.75, 3.05) is 32.6 Å². The summed E-state index contributed by atoms with van der Waals surface area (Å²) >= 11 is 8.24. The smallest absolute Gasteiger partial charge is 0.251 e. The highest BCUT2D eigenvalue weighted by atomic mass is 127. The van der Waals surface area contributed by atoms with Crippen LogP contribution < -0.4 is 20.5 Å². The summed E-state index contributed by atoms with van der Waals surface area (Å²) in [6.07, 6.45) is 5.17. The maximum atomic E-state index is 13.3. The molecular formula is C19H17ClF2IN3O5S. The molecule has 0 aliphatic carbocycles. The van der Waals surface area contributed by atoms with E-state index in [-0.39, 0.29) is 22.9 Å². The Morgan fingerprint density at radius 2 is 1.91 bits per heavy atom. The summed E-state index contributed by atoms with van der Waals surface area (Å²) in [5.41, 5.74) is 5.04. The van der Waals surface area contributed by atoms with Crippen LogP contribution in [0, 0.1) is 15.9 Å². The van der Waals surface area contributed by atoms with Gasteiger partial charge < -0.3 is 20.5 Å². The summed E-state index contributed by atoms with van der Waals surface area (Å²) in [5.74, 6) is -0.206. The molecule has 0 unspecified atom stereocenters. The number of primary amides is 1. The molecule has 1 amide bonds. The van der Waals surface area contributed by atoms with Crippen LogP contribution in [0.5, 0.6) is 11.5 Å². The SMILES string of the molecule is C#CCN(C)S(=O)(=O)c1cc(C(N)=O)c(Nc2ccc(I)cc2Cl)c(OCF)c1OCF. The molecule has 13 heteroatoms. The van der Waals surface area contributed by atoms with E-state index in [0.717, 1.165) is 21.0 Å². The predicted octanol–water partition coefficient (Wildman–Crippen LogP) is 3.65. The van der Waals surface area contributed by atoms with Crippen LogP contribution in [-0.2, 0) is 10.0 Å². The molecule has 2 aromatic rings. The number of sulfonamides is 1. The molecule has 3 N–H and O–H groups in total. The quantitative estimate of drug-likeness (QED) is 0.319. The lowest BCUT2D eigenvalue weighted by Crippen LogP contribution is -2.28. The highest BCUT2D eigenvalue weighted by Crippen LogP contribution is 2.46. The highest BCUT2D eigenvalue weighted by Gasteiger charge is 2.32. The second-order valence-electron chi connectivity index (χ2n) is 6.04. The lowest BCUT2D eigenvalue weighted by Gasteiger charge is -2.23. The van der Waals surface area contributed by atoms with E-state index in [9.17, 15) is 22.0 Å². The zero-order valence-electron chi connectivity index (χ0n) is 16.5. The Morgan fingerprint density at radius 1 is 1.28 bits per heavy atom. The van der Waals surface area contributed by atoms with Gasteiger partial charge in [-0.25, -0.2) is 17.2 Å². The summed E-state index contributed by atoms with van der Waals surface area (Å²) in [5, 5.41) is 2.98. The van der Waals surface area contributed by atoms with Gasteiger partial charge in [-0.05, 0) is 46.9 Å². The number of anilines is 2. The molecule has 0 saturated carbocycles. The van der Waals surface area contributed by atoms with Crippen molar-refractivity contribution in [3.05, 3.63) is 38.4 Å². The number of nitrogens with two attached hydrogens (primary N) is 1. The molecule has 0 aliphatic rings. The van der Waals surface area contributed by atoms with Gasteiger partial charge in [0.2, 0.25) is 23.7 Å². The molecule has 0 bridgehead atoms. The van der Waals surface area contributed by atoms with Crippen LogP contribution in [0.1, 0.15) is 10.4 Å². The molecule has 0 aliphatic heterocycles. The van der Waals surface area contributed by atoms with Gasteiger partial charge in [0.25, 0.3) is 5.91 Å². The van der Waals surface area contributed by atoms with E-state index >= 15 is 0 Å². The molecule has 32 heavy (non-hydrogen) atoms. The Morgan fingerprint density at radius 3 is 2.44 bits per heavy atom. The number of carbonyl (C=O) groups is 1. The van der Waals surface area contributed by atoms with Crippen molar-refractivity contribution < 1.29 is 31.5 Å². The van der Waals surface area contributed by atoms with E-state index in [1.807, 2.05) is 22.6 Å². The van der Waals surface area contributed by atoms with Crippen molar-refractivity contribution in [2.24, 2.45) is 5.73 Å². The lowest BCUT2D eigenvalue weighted by atomic mass is 10.1. The van der Waals surface area contributed by atoms with Gasteiger partial charge in [0.05, 0.1) is 28.5 Å². The van der Waals surface area contributed by atoms with Crippen molar-refractivity contribution in [3.63, 3.8) is 0 Å². The highest BCUT2D eigenvalue weighted by molar-refractivity contribution is 14.1. The second-order valence-corrected chi connectivity index (χ2v) is 9.71. The maximum absolute atomic E-state index is 13.3. The first-order chi connectivity index (χ1) is 15.1. The minimum absolute atomic E-state index is 0.219. The molecule has 172 valence electrons. The summed E-state index contributed by atoms with van der Waals surface area (Å²) in [6.45, 7) is -3.29. The molecule has 0 radical (unpaired) electrons. The zero-order valence-corrected chi connectivity index (χ0v) is 20.2. The second kappa shape index (κ2) is 11.0. The molecule has 0 atom stereocenters. The van der Waals surface area contributed by atoms with Gasteiger partial charge in [0, 0.05) is 10.6 Å². The number of ether oxygens (including phenoxy) is 2. The summed E-state index contributed by atoms with van der Waals surface area (Å²) in [6, 6.07) is 5.69. The van der Waals surface area contributed by atoms with Crippen LogP contribution in [-0.4, -0.2) is 45.9 Å². The van der Waals surface area contributed by atoms with Crippen LogP contribution in [0.2, 0.25) is 5.02 Å².